The van der Waals surface area contributed by atoms with E-state index in [0.717, 1.165) is 17.8 Å². The first-order chi connectivity index (χ1) is 7.77. The molecule has 3 nitrogen and oxygen atoms in total. The van der Waals surface area contributed by atoms with Crippen molar-refractivity contribution in [3.05, 3.63) is 42.8 Å². The van der Waals surface area contributed by atoms with Crippen molar-refractivity contribution < 1.29 is 4.39 Å². The fourth-order valence-corrected chi connectivity index (χ4v) is 1.09. The molecule has 1 aromatic heterocycles. The van der Waals surface area contributed by atoms with E-state index in [2.05, 4.69) is 29.9 Å². The molecule has 0 aromatic carbocycles. The SMILES string of the molecule is C=C/C=C\C(=C/CC)n1cc(C)nn1.CF. The van der Waals surface area contributed by atoms with Crippen LogP contribution in [0.4, 0.5) is 4.39 Å². The molecule has 4 heteroatoms. The van der Waals surface area contributed by atoms with Crippen molar-refractivity contribution in [1.29, 1.82) is 0 Å². The van der Waals surface area contributed by atoms with Gasteiger partial charge in [0.15, 0.2) is 0 Å². The molecule has 0 saturated heterocycles. The Morgan fingerprint density at radius 1 is 1.56 bits per heavy atom. The Bertz CT molecular complexity index is 364. The van der Waals surface area contributed by atoms with E-state index in [9.17, 15) is 4.39 Å². The van der Waals surface area contributed by atoms with Gasteiger partial charge in [-0.1, -0.05) is 36.9 Å². The van der Waals surface area contributed by atoms with Gasteiger partial charge in [0.1, 0.15) is 0 Å². The zero-order chi connectivity index (χ0) is 12.4. The molecule has 0 aliphatic carbocycles. The second-order valence-electron chi connectivity index (χ2n) is 2.94. The van der Waals surface area contributed by atoms with E-state index in [1.54, 1.807) is 10.8 Å². The van der Waals surface area contributed by atoms with Crippen molar-refractivity contribution in [2.24, 2.45) is 0 Å². The highest BCUT2D eigenvalue weighted by molar-refractivity contribution is 5.56. The molecule has 0 saturated carbocycles. The van der Waals surface area contributed by atoms with Gasteiger partial charge in [-0.25, -0.2) is 4.68 Å². The zero-order valence-electron chi connectivity index (χ0n) is 10.0. The molecule has 88 valence electrons. The van der Waals surface area contributed by atoms with Crippen molar-refractivity contribution in [3.63, 3.8) is 0 Å². The van der Waals surface area contributed by atoms with Gasteiger partial charge in [0.2, 0.25) is 0 Å². The molecule has 0 N–H and O–H groups in total. The second kappa shape index (κ2) is 8.59. The number of hydrogen-bond acceptors (Lipinski definition) is 2. The van der Waals surface area contributed by atoms with Crippen LogP contribution in [-0.4, -0.2) is 22.2 Å². The molecule has 0 aliphatic rings. The van der Waals surface area contributed by atoms with Crippen LogP contribution in [0, 0.1) is 6.92 Å². The van der Waals surface area contributed by atoms with E-state index in [1.165, 1.54) is 0 Å². The highest BCUT2D eigenvalue weighted by Gasteiger charge is 1.97. The summed E-state index contributed by atoms with van der Waals surface area (Å²) < 4.78 is 11.3. The maximum absolute atomic E-state index is 9.50. The monoisotopic (exact) mass is 223 g/mol. The van der Waals surface area contributed by atoms with E-state index in [-0.39, 0.29) is 0 Å². The molecular formula is C12H18FN3. The van der Waals surface area contributed by atoms with Crippen LogP contribution in [0.2, 0.25) is 0 Å². The standard InChI is InChI=1S/C11H15N3.CH3F/c1-4-6-8-11(7-5-2)14-9-10(3)12-13-14;1-2/h4,6-9H,1,5H2,2-3H3;1H3/b8-6-,11-7+;. The van der Waals surface area contributed by atoms with Gasteiger partial charge in [0.05, 0.1) is 24.8 Å². The Balaban J connectivity index is 0.00000106. The topological polar surface area (TPSA) is 30.7 Å². The smallest absolute Gasteiger partial charge is 0.0800 e. The maximum atomic E-state index is 9.50. The summed E-state index contributed by atoms with van der Waals surface area (Å²) in [6.45, 7) is 7.64. The highest BCUT2D eigenvalue weighted by atomic mass is 19.1. The summed E-state index contributed by atoms with van der Waals surface area (Å²) in [5.41, 5.74) is 1.94. The Morgan fingerprint density at radius 3 is 2.69 bits per heavy atom. The molecule has 0 unspecified atom stereocenters. The van der Waals surface area contributed by atoms with Gasteiger partial charge in [-0.2, -0.15) is 0 Å². The lowest BCUT2D eigenvalue weighted by Gasteiger charge is -1.99. The van der Waals surface area contributed by atoms with Gasteiger partial charge in [0.25, 0.3) is 0 Å². The van der Waals surface area contributed by atoms with Gasteiger partial charge in [-0.15, -0.1) is 5.10 Å². The molecule has 0 radical (unpaired) electrons. The van der Waals surface area contributed by atoms with Crippen LogP contribution in [0.5, 0.6) is 0 Å². The summed E-state index contributed by atoms with van der Waals surface area (Å²) in [5.74, 6) is 0. The summed E-state index contributed by atoms with van der Waals surface area (Å²) in [7, 11) is 0.500. The van der Waals surface area contributed by atoms with Crippen molar-refractivity contribution in [2.45, 2.75) is 20.3 Å². The van der Waals surface area contributed by atoms with Crippen LogP contribution in [0.15, 0.2) is 37.1 Å². The van der Waals surface area contributed by atoms with Gasteiger partial charge in [-0.3, -0.25) is 4.39 Å². The molecular weight excluding hydrogens is 205 g/mol. The quantitative estimate of drug-likeness (QED) is 0.734. The molecule has 0 fully saturated rings. The molecule has 16 heavy (non-hydrogen) atoms. The van der Waals surface area contributed by atoms with Gasteiger partial charge >= 0.3 is 0 Å². The lowest BCUT2D eigenvalue weighted by molar-refractivity contribution is 0.636. The molecule has 1 rings (SSSR count). The zero-order valence-corrected chi connectivity index (χ0v) is 10.0. The normalized spacial score (nSPS) is 11.1. The number of aryl methyl sites for hydroxylation is 1. The number of nitrogens with zero attached hydrogens (tertiary/aromatic N) is 3. The minimum atomic E-state index is 0.500. The first-order valence-electron chi connectivity index (χ1n) is 5.04. The summed E-state index contributed by atoms with van der Waals surface area (Å²) in [6, 6.07) is 0. The lowest BCUT2D eigenvalue weighted by Crippen LogP contribution is -1.95. The van der Waals surface area contributed by atoms with Gasteiger partial charge in [0, 0.05) is 0 Å². The molecule has 1 aromatic rings. The summed E-state index contributed by atoms with van der Waals surface area (Å²) >= 11 is 0. The van der Waals surface area contributed by atoms with E-state index < -0.39 is 0 Å². The predicted octanol–water partition coefficient (Wildman–Crippen LogP) is 3.17. The van der Waals surface area contributed by atoms with Crippen LogP contribution >= 0.6 is 0 Å². The minimum absolute atomic E-state index is 0.500. The highest BCUT2D eigenvalue weighted by Crippen LogP contribution is 2.06. The Labute approximate surface area is 96.0 Å². The first kappa shape index (κ1) is 14.3. The third kappa shape index (κ3) is 4.68. The number of hydrogen-bond donors (Lipinski definition) is 0. The Morgan fingerprint density at radius 2 is 2.25 bits per heavy atom. The largest absolute Gasteiger partial charge is 0.255 e. The first-order valence-corrected chi connectivity index (χ1v) is 5.04. The Kier molecular flexibility index (Phi) is 7.67. The average molecular weight is 223 g/mol. The number of rotatable bonds is 4. The van der Waals surface area contributed by atoms with Crippen LogP contribution in [0.1, 0.15) is 19.0 Å². The maximum Gasteiger partial charge on any atom is 0.0800 e. The fraction of sp³-hybridized carbons (Fsp3) is 0.333. The molecule has 0 bridgehead atoms. The van der Waals surface area contributed by atoms with E-state index in [0.29, 0.717) is 7.18 Å². The Hall–Kier alpha value is -1.71. The molecule has 1 heterocycles. The third-order valence-corrected chi connectivity index (χ3v) is 1.69. The van der Waals surface area contributed by atoms with Crippen molar-refractivity contribution in [1.82, 2.24) is 15.0 Å². The number of alkyl halides is 1. The summed E-state index contributed by atoms with van der Waals surface area (Å²) in [4.78, 5) is 0. The van der Waals surface area contributed by atoms with Gasteiger partial charge in [-0.05, 0) is 19.4 Å². The van der Waals surface area contributed by atoms with E-state index in [1.807, 2.05) is 25.3 Å². The predicted molar refractivity (Wildman–Crippen MR) is 65.7 cm³/mol. The number of halogens is 1. The minimum Gasteiger partial charge on any atom is -0.255 e. The third-order valence-electron chi connectivity index (χ3n) is 1.69. The van der Waals surface area contributed by atoms with Crippen LogP contribution in [0.3, 0.4) is 0 Å². The average Bonchev–Trinajstić information content (AvgIpc) is 2.74. The number of aromatic nitrogens is 3. The fourth-order valence-electron chi connectivity index (χ4n) is 1.09. The molecule has 0 aliphatic heterocycles. The van der Waals surface area contributed by atoms with Crippen LogP contribution in [-0.2, 0) is 0 Å². The molecule has 0 atom stereocenters. The lowest BCUT2D eigenvalue weighted by atomic mass is 10.3. The van der Waals surface area contributed by atoms with Crippen molar-refractivity contribution in [2.75, 3.05) is 7.18 Å². The second-order valence-corrected chi connectivity index (χ2v) is 2.94. The van der Waals surface area contributed by atoms with E-state index in [4.69, 9.17) is 0 Å². The van der Waals surface area contributed by atoms with E-state index >= 15 is 0 Å². The summed E-state index contributed by atoms with van der Waals surface area (Å²) in [5, 5.41) is 7.94. The van der Waals surface area contributed by atoms with Crippen LogP contribution < -0.4 is 0 Å². The van der Waals surface area contributed by atoms with Crippen molar-refractivity contribution in [3.8, 4) is 0 Å². The summed E-state index contributed by atoms with van der Waals surface area (Å²) in [6.07, 6.45) is 10.6. The van der Waals surface area contributed by atoms with Crippen molar-refractivity contribution >= 4 is 5.70 Å². The number of allylic oxidation sites excluding steroid dienone is 5. The van der Waals surface area contributed by atoms with Gasteiger partial charge < -0.3 is 0 Å². The molecule has 0 amide bonds. The molecule has 0 spiro atoms. The van der Waals surface area contributed by atoms with Crippen LogP contribution in [0.25, 0.3) is 5.70 Å².